The standard InChI is InChI=1S/C53H100NO8P/c1-3-5-7-9-11-13-15-17-19-21-23-24-25-26-28-29-31-33-35-37-39-41-43-45-52(55)59-49-51(50-61-63(57,58)60-48-47-54)62-53(56)46-44-42-40-38-36-34-32-30-27-22-20-18-16-14-12-10-8-6-4-2/h18,20,29,31,37,39,51H,3-17,19,21-28,30,32-36,38,40-50,54H2,1-2H3,(H,57,58)/b20-18+,31-29+,39-37+/t51-/m1/s1. The van der Waals surface area contributed by atoms with Gasteiger partial charge in [-0.1, -0.05) is 211 Å². The molecule has 1 unspecified atom stereocenters. The number of rotatable bonds is 50. The zero-order valence-electron chi connectivity index (χ0n) is 41.1. The van der Waals surface area contributed by atoms with E-state index in [1.807, 2.05) is 0 Å². The van der Waals surface area contributed by atoms with E-state index in [-0.39, 0.29) is 32.6 Å². The van der Waals surface area contributed by atoms with Gasteiger partial charge in [0.1, 0.15) is 6.61 Å². The van der Waals surface area contributed by atoms with Gasteiger partial charge in [-0.05, 0) is 70.6 Å². The van der Waals surface area contributed by atoms with Crippen molar-refractivity contribution >= 4 is 19.8 Å². The molecule has 0 fully saturated rings. The molecule has 0 rings (SSSR count). The van der Waals surface area contributed by atoms with Gasteiger partial charge in [0.15, 0.2) is 6.10 Å². The summed E-state index contributed by atoms with van der Waals surface area (Å²) in [5.74, 6) is -0.871. The summed E-state index contributed by atoms with van der Waals surface area (Å²) in [7, 11) is -4.39. The van der Waals surface area contributed by atoms with Gasteiger partial charge in [0, 0.05) is 19.4 Å². The van der Waals surface area contributed by atoms with Gasteiger partial charge in [0.2, 0.25) is 0 Å². The van der Waals surface area contributed by atoms with Crippen LogP contribution in [0.4, 0.5) is 0 Å². The summed E-state index contributed by atoms with van der Waals surface area (Å²) < 4.78 is 32.9. The van der Waals surface area contributed by atoms with Gasteiger partial charge < -0.3 is 20.1 Å². The van der Waals surface area contributed by atoms with Gasteiger partial charge in [-0.3, -0.25) is 18.6 Å². The molecule has 0 aromatic rings. The molecule has 0 saturated heterocycles. The van der Waals surface area contributed by atoms with Crippen LogP contribution in [0.2, 0.25) is 0 Å². The molecule has 370 valence electrons. The fraction of sp³-hybridized carbons (Fsp3) is 0.849. The minimum Gasteiger partial charge on any atom is -0.462 e. The molecule has 0 aliphatic rings. The van der Waals surface area contributed by atoms with E-state index in [4.69, 9.17) is 24.3 Å². The first-order valence-electron chi connectivity index (χ1n) is 26.5. The van der Waals surface area contributed by atoms with Gasteiger partial charge in [-0.15, -0.1) is 0 Å². The number of ether oxygens (including phenoxy) is 2. The quantitative estimate of drug-likeness (QED) is 0.0265. The average Bonchev–Trinajstić information content (AvgIpc) is 3.27. The molecule has 0 aliphatic carbocycles. The molecule has 0 amide bonds. The maximum Gasteiger partial charge on any atom is 0.472 e. The molecule has 0 aliphatic heterocycles. The highest BCUT2D eigenvalue weighted by Crippen LogP contribution is 2.43. The smallest absolute Gasteiger partial charge is 0.462 e. The number of allylic oxidation sites excluding steroid dienone is 6. The summed E-state index contributed by atoms with van der Waals surface area (Å²) in [4.78, 5) is 35.0. The first kappa shape index (κ1) is 61.2. The molecule has 63 heavy (non-hydrogen) atoms. The molecule has 0 radical (unpaired) electrons. The molecule has 0 bridgehead atoms. The lowest BCUT2D eigenvalue weighted by atomic mass is 10.0. The summed E-state index contributed by atoms with van der Waals surface area (Å²) in [6, 6.07) is 0. The number of carbonyl (C=O) groups is 2. The van der Waals surface area contributed by atoms with Crippen molar-refractivity contribution in [3.63, 3.8) is 0 Å². The Balaban J connectivity index is 4.07. The number of hydrogen-bond donors (Lipinski definition) is 2. The van der Waals surface area contributed by atoms with Crippen molar-refractivity contribution in [1.82, 2.24) is 0 Å². The molecule has 0 spiro atoms. The third kappa shape index (κ3) is 49.5. The zero-order chi connectivity index (χ0) is 46.0. The van der Waals surface area contributed by atoms with E-state index in [1.54, 1.807) is 0 Å². The van der Waals surface area contributed by atoms with E-state index < -0.39 is 32.5 Å². The lowest BCUT2D eigenvalue weighted by Gasteiger charge is -2.19. The lowest BCUT2D eigenvalue weighted by molar-refractivity contribution is -0.161. The van der Waals surface area contributed by atoms with Crippen molar-refractivity contribution < 1.29 is 37.6 Å². The summed E-state index contributed by atoms with van der Waals surface area (Å²) in [5, 5.41) is 0. The summed E-state index contributed by atoms with van der Waals surface area (Å²) in [6.45, 7) is 3.73. The van der Waals surface area contributed by atoms with Crippen LogP contribution in [-0.4, -0.2) is 49.3 Å². The van der Waals surface area contributed by atoms with Crippen molar-refractivity contribution in [1.29, 1.82) is 0 Å². The van der Waals surface area contributed by atoms with E-state index in [2.05, 4.69) is 50.3 Å². The van der Waals surface area contributed by atoms with E-state index in [1.165, 1.54) is 173 Å². The third-order valence-corrected chi connectivity index (χ3v) is 12.5. The monoisotopic (exact) mass is 910 g/mol. The van der Waals surface area contributed by atoms with Gasteiger partial charge in [-0.25, -0.2) is 4.57 Å². The van der Waals surface area contributed by atoms with Crippen molar-refractivity contribution in [2.24, 2.45) is 5.73 Å². The number of hydrogen-bond acceptors (Lipinski definition) is 8. The fourth-order valence-electron chi connectivity index (χ4n) is 7.53. The predicted octanol–water partition coefficient (Wildman–Crippen LogP) is 16.1. The second-order valence-electron chi connectivity index (χ2n) is 17.7. The molecule has 3 N–H and O–H groups in total. The first-order chi connectivity index (χ1) is 30.8. The molecule has 0 aromatic carbocycles. The Kier molecular flexibility index (Phi) is 48.3. The maximum atomic E-state index is 12.6. The summed E-state index contributed by atoms with van der Waals surface area (Å²) in [6.07, 6.45) is 57.7. The fourth-order valence-corrected chi connectivity index (χ4v) is 8.30. The molecular weight excluding hydrogens is 810 g/mol. The van der Waals surface area contributed by atoms with E-state index >= 15 is 0 Å². The van der Waals surface area contributed by atoms with Crippen molar-refractivity contribution in [2.45, 2.75) is 264 Å². The Morgan fingerprint density at radius 3 is 1.22 bits per heavy atom. The number of unbranched alkanes of at least 4 members (excludes halogenated alkanes) is 31. The van der Waals surface area contributed by atoms with Crippen LogP contribution in [0.1, 0.15) is 258 Å². The molecule has 10 heteroatoms. The van der Waals surface area contributed by atoms with Gasteiger partial charge in [-0.2, -0.15) is 0 Å². The molecule has 0 aromatic heterocycles. The summed E-state index contributed by atoms with van der Waals surface area (Å²) >= 11 is 0. The SMILES string of the molecule is CCCCCCCC/C=C/CCCCCCCCCCCC(=O)O[C@H](COC(=O)CCC/C=C/CC/C=C/CCCCCCCCCCCCCCCC)COP(=O)(O)OCCN. The molecule has 0 saturated carbocycles. The van der Waals surface area contributed by atoms with Gasteiger partial charge in [0.25, 0.3) is 0 Å². The second kappa shape index (κ2) is 49.7. The highest BCUT2D eigenvalue weighted by atomic mass is 31.2. The Morgan fingerprint density at radius 1 is 0.460 bits per heavy atom. The minimum atomic E-state index is -4.39. The van der Waals surface area contributed by atoms with Crippen LogP contribution in [0.3, 0.4) is 0 Å². The van der Waals surface area contributed by atoms with Crippen LogP contribution in [0.25, 0.3) is 0 Å². The number of phosphoric ester groups is 1. The minimum absolute atomic E-state index is 0.0486. The van der Waals surface area contributed by atoms with Crippen LogP contribution in [-0.2, 0) is 32.7 Å². The van der Waals surface area contributed by atoms with Gasteiger partial charge in [0.05, 0.1) is 13.2 Å². The number of esters is 2. The zero-order valence-corrected chi connectivity index (χ0v) is 42.0. The Morgan fingerprint density at radius 2 is 0.810 bits per heavy atom. The van der Waals surface area contributed by atoms with Gasteiger partial charge >= 0.3 is 19.8 Å². The topological polar surface area (TPSA) is 134 Å². The van der Waals surface area contributed by atoms with Crippen molar-refractivity contribution in [3.8, 4) is 0 Å². The maximum absolute atomic E-state index is 12.6. The Bertz CT molecular complexity index is 1130. The average molecular weight is 910 g/mol. The Labute approximate surface area is 388 Å². The second-order valence-corrected chi connectivity index (χ2v) is 19.2. The van der Waals surface area contributed by atoms with Crippen LogP contribution >= 0.6 is 7.82 Å². The number of carbonyl (C=O) groups excluding carboxylic acids is 2. The summed E-state index contributed by atoms with van der Waals surface area (Å²) in [5.41, 5.74) is 5.37. The molecule has 0 heterocycles. The number of nitrogens with two attached hydrogens (primary N) is 1. The molecule has 2 atom stereocenters. The molecule has 9 nitrogen and oxygen atoms in total. The first-order valence-corrected chi connectivity index (χ1v) is 28.0. The normalized spacial score (nSPS) is 13.4. The van der Waals surface area contributed by atoms with Crippen LogP contribution in [0.5, 0.6) is 0 Å². The van der Waals surface area contributed by atoms with E-state index in [9.17, 15) is 19.0 Å². The van der Waals surface area contributed by atoms with Crippen molar-refractivity contribution in [3.05, 3.63) is 36.5 Å². The highest BCUT2D eigenvalue weighted by Gasteiger charge is 2.26. The van der Waals surface area contributed by atoms with Crippen LogP contribution < -0.4 is 5.73 Å². The molecular formula is C53H100NO8P. The Hall–Kier alpha value is -1.77. The highest BCUT2D eigenvalue weighted by molar-refractivity contribution is 7.47. The number of phosphoric acid groups is 1. The predicted molar refractivity (Wildman–Crippen MR) is 266 cm³/mol. The van der Waals surface area contributed by atoms with Crippen LogP contribution in [0.15, 0.2) is 36.5 Å². The third-order valence-electron chi connectivity index (χ3n) is 11.5. The van der Waals surface area contributed by atoms with Crippen LogP contribution in [0, 0.1) is 0 Å². The van der Waals surface area contributed by atoms with E-state index in [0.717, 1.165) is 44.9 Å². The largest absolute Gasteiger partial charge is 0.472 e. The lowest BCUT2D eigenvalue weighted by Crippen LogP contribution is -2.29. The van der Waals surface area contributed by atoms with E-state index in [0.29, 0.717) is 12.8 Å². The van der Waals surface area contributed by atoms with Crippen molar-refractivity contribution in [2.75, 3.05) is 26.4 Å².